The molecule has 0 aliphatic carbocycles. The van der Waals surface area contributed by atoms with E-state index in [2.05, 4.69) is 4.98 Å². The first kappa shape index (κ1) is 7.25. The molecule has 1 heterocycles. The smallest absolute Gasteiger partial charge is 0.124 e. The molecule has 0 radical (unpaired) electrons. The van der Waals surface area contributed by atoms with E-state index in [4.69, 9.17) is 4.74 Å². The van der Waals surface area contributed by atoms with Crippen LogP contribution in [0.15, 0.2) is 0 Å². The predicted molar refractivity (Wildman–Crippen MR) is 41.2 cm³/mol. The molecule has 0 aromatic rings. The largest absolute Gasteiger partial charge is 0.381 e. The Labute approximate surface area is 58.9 Å². The molecule has 1 atom stereocenters. The van der Waals surface area contributed by atoms with Crippen molar-refractivity contribution in [1.82, 2.24) is 4.98 Å². The Morgan fingerprint density at radius 1 is 1.56 bits per heavy atom. The van der Waals surface area contributed by atoms with E-state index in [9.17, 15) is 0 Å². The van der Waals surface area contributed by atoms with E-state index < -0.39 is 0 Å². The minimum absolute atomic E-state index is 0.0963. The summed E-state index contributed by atoms with van der Waals surface area (Å²) < 4.78 is 5.52. The second kappa shape index (κ2) is 4.03. The van der Waals surface area contributed by atoms with Gasteiger partial charge in [-0.15, -0.1) is 0 Å². The van der Waals surface area contributed by atoms with E-state index in [0.717, 1.165) is 6.61 Å². The molecule has 3 heteroatoms. The van der Waals surface area contributed by atoms with Crippen molar-refractivity contribution in [3.63, 3.8) is 0 Å². The molecule has 2 nitrogen and oxygen atoms in total. The molecule has 1 N–H and O–H groups in total. The van der Waals surface area contributed by atoms with Crippen LogP contribution in [0.25, 0.3) is 0 Å². The SMILES string of the molecule is CN[SiH2]C1CCCCO1. The molecule has 1 fully saturated rings. The van der Waals surface area contributed by atoms with Crippen molar-refractivity contribution in [2.24, 2.45) is 0 Å². The third kappa shape index (κ3) is 2.47. The monoisotopic (exact) mass is 145 g/mol. The fourth-order valence-corrected chi connectivity index (χ4v) is 2.43. The Kier molecular flexibility index (Phi) is 3.25. The third-order valence-electron chi connectivity index (χ3n) is 1.71. The van der Waals surface area contributed by atoms with Crippen LogP contribution in [0.1, 0.15) is 19.3 Å². The highest BCUT2D eigenvalue weighted by molar-refractivity contribution is 6.33. The summed E-state index contributed by atoms with van der Waals surface area (Å²) in [6.07, 6.45) is 3.95. The van der Waals surface area contributed by atoms with Gasteiger partial charge in [0.15, 0.2) is 0 Å². The molecule has 1 unspecified atom stereocenters. The van der Waals surface area contributed by atoms with Crippen LogP contribution < -0.4 is 4.98 Å². The first-order chi connectivity index (χ1) is 4.43. The first-order valence-electron chi connectivity index (χ1n) is 3.69. The Bertz CT molecular complexity index is 70.7. The van der Waals surface area contributed by atoms with Gasteiger partial charge >= 0.3 is 0 Å². The second-order valence-corrected chi connectivity index (χ2v) is 4.57. The zero-order chi connectivity index (χ0) is 6.53. The highest BCUT2D eigenvalue weighted by Gasteiger charge is 2.12. The lowest BCUT2D eigenvalue weighted by molar-refractivity contribution is 0.0643. The Morgan fingerprint density at radius 3 is 3.00 bits per heavy atom. The van der Waals surface area contributed by atoms with E-state index in [-0.39, 0.29) is 9.68 Å². The van der Waals surface area contributed by atoms with Gasteiger partial charge in [0, 0.05) is 6.61 Å². The molecular weight excluding hydrogens is 130 g/mol. The fraction of sp³-hybridized carbons (Fsp3) is 1.00. The van der Waals surface area contributed by atoms with Gasteiger partial charge in [-0.2, -0.15) is 0 Å². The molecule has 0 aromatic carbocycles. The zero-order valence-electron chi connectivity index (χ0n) is 6.02. The van der Waals surface area contributed by atoms with E-state index in [0.29, 0.717) is 5.73 Å². The van der Waals surface area contributed by atoms with Crippen molar-refractivity contribution in [3.05, 3.63) is 0 Å². The molecule has 0 bridgehead atoms. The van der Waals surface area contributed by atoms with Gasteiger partial charge < -0.3 is 9.72 Å². The van der Waals surface area contributed by atoms with E-state index in [1.54, 1.807) is 0 Å². The van der Waals surface area contributed by atoms with Gasteiger partial charge in [-0.1, -0.05) is 0 Å². The molecule has 1 aliphatic heterocycles. The van der Waals surface area contributed by atoms with Crippen LogP contribution in [-0.4, -0.2) is 29.1 Å². The van der Waals surface area contributed by atoms with Crippen molar-refractivity contribution in [2.45, 2.75) is 25.0 Å². The molecule has 0 saturated carbocycles. The van der Waals surface area contributed by atoms with Crippen LogP contribution in [0.4, 0.5) is 0 Å². The molecule has 54 valence electrons. The second-order valence-electron chi connectivity index (χ2n) is 2.55. The van der Waals surface area contributed by atoms with Crippen LogP contribution in [0.5, 0.6) is 0 Å². The molecule has 1 saturated heterocycles. The van der Waals surface area contributed by atoms with Crippen LogP contribution >= 0.6 is 0 Å². The van der Waals surface area contributed by atoms with E-state index >= 15 is 0 Å². The van der Waals surface area contributed by atoms with E-state index in [1.807, 2.05) is 7.05 Å². The molecule has 0 spiro atoms. The first-order valence-corrected chi connectivity index (χ1v) is 5.22. The van der Waals surface area contributed by atoms with Crippen molar-refractivity contribution < 1.29 is 4.74 Å². The van der Waals surface area contributed by atoms with Gasteiger partial charge in [0.1, 0.15) is 9.68 Å². The average Bonchev–Trinajstić information content (AvgIpc) is 1.91. The summed E-state index contributed by atoms with van der Waals surface area (Å²) in [6, 6.07) is 0. The fourth-order valence-electron chi connectivity index (χ4n) is 1.20. The van der Waals surface area contributed by atoms with Gasteiger partial charge in [0.25, 0.3) is 0 Å². The lowest BCUT2D eigenvalue weighted by Gasteiger charge is -2.21. The normalized spacial score (nSPS) is 29.7. The highest BCUT2D eigenvalue weighted by atomic mass is 28.2. The summed E-state index contributed by atoms with van der Waals surface area (Å²) in [5, 5.41) is 0. The van der Waals surface area contributed by atoms with Crippen LogP contribution in [0.2, 0.25) is 0 Å². The maximum absolute atomic E-state index is 5.52. The topological polar surface area (TPSA) is 21.3 Å². The maximum Gasteiger partial charge on any atom is 0.124 e. The van der Waals surface area contributed by atoms with Crippen LogP contribution in [0, 0.1) is 0 Å². The molecule has 9 heavy (non-hydrogen) atoms. The third-order valence-corrected chi connectivity index (χ3v) is 3.21. The molecule has 0 amide bonds. The van der Waals surface area contributed by atoms with Gasteiger partial charge in [0.2, 0.25) is 0 Å². The standard InChI is InChI=1S/C6H15NOSi/c1-7-9-6-4-2-3-5-8-6/h6-7H,2-5,9H2,1H3. The van der Waals surface area contributed by atoms with Gasteiger partial charge in [0.05, 0.1) is 5.73 Å². The summed E-state index contributed by atoms with van der Waals surface area (Å²) in [6.45, 7) is 0.999. The summed E-state index contributed by atoms with van der Waals surface area (Å²) in [5.74, 6) is 0. The minimum atomic E-state index is -0.0963. The number of nitrogens with one attached hydrogen (secondary N) is 1. The Morgan fingerprint density at radius 2 is 2.44 bits per heavy atom. The summed E-state index contributed by atoms with van der Waals surface area (Å²) >= 11 is 0. The number of hydrogen-bond acceptors (Lipinski definition) is 2. The minimum Gasteiger partial charge on any atom is -0.381 e. The van der Waals surface area contributed by atoms with Crippen molar-refractivity contribution >= 4 is 9.68 Å². The van der Waals surface area contributed by atoms with Gasteiger partial charge in [-0.3, -0.25) is 0 Å². The van der Waals surface area contributed by atoms with Gasteiger partial charge in [-0.25, -0.2) is 0 Å². The van der Waals surface area contributed by atoms with Crippen molar-refractivity contribution in [2.75, 3.05) is 13.7 Å². The average molecular weight is 145 g/mol. The Hall–Kier alpha value is 0.137. The predicted octanol–water partition coefficient (Wildman–Crippen LogP) is -0.184. The lowest BCUT2D eigenvalue weighted by Crippen LogP contribution is -2.33. The summed E-state index contributed by atoms with van der Waals surface area (Å²) in [4.78, 5) is 3.25. The molecular formula is C6H15NOSi. The quantitative estimate of drug-likeness (QED) is 0.544. The summed E-state index contributed by atoms with van der Waals surface area (Å²) in [5.41, 5.74) is 0.628. The van der Waals surface area contributed by atoms with Crippen molar-refractivity contribution in [1.29, 1.82) is 0 Å². The highest BCUT2D eigenvalue weighted by Crippen LogP contribution is 2.10. The maximum atomic E-state index is 5.52. The lowest BCUT2D eigenvalue weighted by atomic mass is 10.2. The summed E-state index contributed by atoms with van der Waals surface area (Å²) in [7, 11) is 1.94. The van der Waals surface area contributed by atoms with Crippen LogP contribution in [0.3, 0.4) is 0 Å². The van der Waals surface area contributed by atoms with Crippen LogP contribution in [-0.2, 0) is 4.74 Å². The molecule has 1 aliphatic rings. The Balaban J connectivity index is 2.08. The van der Waals surface area contributed by atoms with E-state index in [1.165, 1.54) is 19.3 Å². The molecule has 1 rings (SSSR count). The van der Waals surface area contributed by atoms with Crippen molar-refractivity contribution in [3.8, 4) is 0 Å². The van der Waals surface area contributed by atoms with Gasteiger partial charge in [-0.05, 0) is 26.3 Å². The number of ether oxygens (including phenoxy) is 1. The molecule has 0 aromatic heterocycles. The number of hydrogen-bond donors (Lipinski definition) is 1. The zero-order valence-corrected chi connectivity index (χ0v) is 7.44. The number of rotatable bonds is 2.